The van der Waals surface area contributed by atoms with E-state index in [1.165, 1.54) is 18.0 Å². The maximum atomic E-state index is 12.7. The smallest absolute Gasteiger partial charge is 0.266 e. The third-order valence-corrected chi connectivity index (χ3v) is 5.43. The van der Waals surface area contributed by atoms with Crippen LogP contribution < -0.4 is 5.43 Å². The van der Waals surface area contributed by atoms with Crippen molar-refractivity contribution in [2.45, 2.75) is 6.54 Å². The van der Waals surface area contributed by atoms with E-state index in [9.17, 15) is 9.59 Å². The minimum absolute atomic E-state index is 0.167. The van der Waals surface area contributed by atoms with Crippen LogP contribution in [0, 0.1) is 0 Å². The second-order valence-electron chi connectivity index (χ2n) is 5.77. The van der Waals surface area contributed by atoms with Crippen molar-refractivity contribution in [1.82, 2.24) is 4.90 Å². The first kappa shape index (κ1) is 16.8. The van der Waals surface area contributed by atoms with Crippen molar-refractivity contribution >= 4 is 51.3 Å². The molecule has 6 heteroatoms. The highest BCUT2D eigenvalue weighted by molar-refractivity contribution is 8.26. The van der Waals surface area contributed by atoms with Gasteiger partial charge in [0.1, 0.15) is 16.2 Å². The number of carbonyl (C=O) groups is 1. The largest absolute Gasteiger partial charge is 0.463 e. The lowest BCUT2D eigenvalue weighted by Crippen LogP contribution is -2.27. The predicted octanol–water partition coefficient (Wildman–Crippen LogP) is 4.19. The summed E-state index contributed by atoms with van der Waals surface area (Å²) in [4.78, 5) is 27.3. The molecule has 0 atom stereocenters. The Morgan fingerprint density at radius 3 is 2.58 bits per heavy atom. The van der Waals surface area contributed by atoms with E-state index in [0.29, 0.717) is 32.3 Å². The minimum atomic E-state index is -0.198. The molecule has 1 aromatic heterocycles. The van der Waals surface area contributed by atoms with Gasteiger partial charge in [-0.1, -0.05) is 66.4 Å². The molecule has 26 heavy (non-hydrogen) atoms. The van der Waals surface area contributed by atoms with Crippen molar-refractivity contribution < 1.29 is 9.21 Å². The van der Waals surface area contributed by atoms with Crippen LogP contribution in [0.5, 0.6) is 0 Å². The van der Waals surface area contributed by atoms with Gasteiger partial charge in [-0.25, -0.2) is 0 Å². The Morgan fingerprint density at radius 1 is 1.04 bits per heavy atom. The lowest BCUT2D eigenvalue weighted by atomic mass is 10.1. The van der Waals surface area contributed by atoms with E-state index in [4.69, 9.17) is 16.6 Å². The molecule has 3 aromatic rings. The van der Waals surface area contributed by atoms with Crippen LogP contribution in [0.25, 0.3) is 17.0 Å². The van der Waals surface area contributed by atoms with Crippen molar-refractivity contribution in [2.24, 2.45) is 0 Å². The molecule has 4 rings (SSSR count). The van der Waals surface area contributed by atoms with E-state index in [1.807, 2.05) is 30.3 Å². The van der Waals surface area contributed by atoms with Gasteiger partial charge in [0.25, 0.3) is 5.91 Å². The van der Waals surface area contributed by atoms with Crippen LogP contribution in [-0.4, -0.2) is 15.1 Å². The maximum absolute atomic E-state index is 12.7. The SMILES string of the molecule is O=C1/C(=C/c2coc3ccccc3c2=O)SC(=S)N1Cc1ccccc1. The first-order chi connectivity index (χ1) is 12.6. The average molecular weight is 379 g/mol. The van der Waals surface area contributed by atoms with E-state index < -0.39 is 0 Å². The highest BCUT2D eigenvalue weighted by Gasteiger charge is 2.32. The molecular formula is C20H13NO3S2. The zero-order valence-corrected chi connectivity index (χ0v) is 15.2. The molecule has 0 N–H and O–H groups in total. The fourth-order valence-corrected chi connectivity index (χ4v) is 3.98. The number of amides is 1. The molecule has 1 saturated heterocycles. The molecule has 0 saturated carbocycles. The number of para-hydroxylation sites is 1. The highest BCUT2D eigenvalue weighted by Crippen LogP contribution is 2.33. The minimum Gasteiger partial charge on any atom is -0.463 e. The topological polar surface area (TPSA) is 50.5 Å². The van der Waals surface area contributed by atoms with Gasteiger partial charge >= 0.3 is 0 Å². The molecule has 1 aliphatic heterocycles. The first-order valence-corrected chi connectivity index (χ1v) is 9.16. The van der Waals surface area contributed by atoms with Crippen molar-refractivity contribution in [3.8, 4) is 0 Å². The number of hydrogen-bond donors (Lipinski definition) is 0. The molecule has 0 bridgehead atoms. The summed E-state index contributed by atoms with van der Waals surface area (Å²) in [6.07, 6.45) is 2.94. The monoisotopic (exact) mass is 379 g/mol. The van der Waals surface area contributed by atoms with Crippen LogP contribution in [0.15, 0.2) is 75.0 Å². The van der Waals surface area contributed by atoms with Gasteiger partial charge in [-0.2, -0.15) is 0 Å². The Balaban J connectivity index is 1.66. The lowest BCUT2D eigenvalue weighted by Gasteiger charge is -2.14. The van der Waals surface area contributed by atoms with Gasteiger partial charge < -0.3 is 4.42 Å². The van der Waals surface area contributed by atoms with Crippen LogP contribution in [0.1, 0.15) is 11.1 Å². The molecule has 1 amide bonds. The second-order valence-corrected chi connectivity index (χ2v) is 7.45. The fraction of sp³-hybridized carbons (Fsp3) is 0.0500. The number of thiocarbonyl (C=S) groups is 1. The fourth-order valence-electron chi connectivity index (χ4n) is 2.74. The Hall–Kier alpha value is -2.70. The van der Waals surface area contributed by atoms with Crippen molar-refractivity contribution in [3.05, 3.63) is 87.1 Å². The Morgan fingerprint density at radius 2 is 1.77 bits per heavy atom. The Labute approximate surface area is 159 Å². The van der Waals surface area contributed by atoms with Gasteiger partial charge in [-0.3, -0.25) is 14.5 Å². The molecule has 4 nitrogen and oxygen atoms in total. The van der Waals surface area contributed by atoms with E-state index in [2.05, 4.69) is 0 Å². The molecule has 0 spiro atoms. The van der Waals surface area contributed by atoms with Crippen LogP contribution in [-0.2, 0) is 11.3 Å². The van der Waals surface area contributed by atoms with Crippen molar-refractivity contribution in [3.63, 3.8) is 0 Å². The van der Waals surface area contributed by atoms with Gasteiger partial charge in [-0.15, -0.1) is 0 Å². The lowest BCUT2D eigenvalue weighted by molar-refractivity contribution is -0.122. The molecule has 128 valence electrons. The molecule has 0 radical (unpaired) electrons. The summed E-state index contributed by atoms with van der Waals surface area (Å²) in [5, 5.41) is 0.487. The summed E-state index contributed by atoms with van der Waals surface area (Å²) in [6.45, 7) is 0.412. The molecule has 2 heterocycles. The number of benzene rings is 2. The zero-order chi connectivity index (χ0) is 18.1. The quantitative estimate of drug-likeness (QED) is 0.504. The number of nitrogens with zero attached hydrogens (tertiary/aromatic N) is 1. The van der Waals surface area contributed by atoms with Crippen molar-refractivity contribution in [1.29, 1.82) is 0 Å². The summed E-state index contributed by atoms with van der Waals surface area (Å²) >= 11 is 6.54. The Bertz CT molecular complexity index is 1100. The molecule has 2 aromatic carbocycles. The normalized spacial score (nSPS) is 16.0. The van der Waals surface area contributed by atoms with E-state index in [-0.39, 0.29) is 11.3 Å². The standard InChI is InChI=1S/C20H13NO3S2/c22-18-14(12-24-16-9-5-4-8-15(16)18)10-17-19(23)21(20(25)26-17)11-13-6-2-1-3-7-13/h1-10,12H,11H2/b17-10-. The van der Waals surface area contributed by atoms with Crippen LogP contribution in [0.2, 0.25) is 0 Å². The number of fused-ring (bicyclic) bond motifs is 1. The second kappa shape index (κ2) is 6.90. The summed E-state index contributed by atoms with van der Waals surface area (Å²) < 4.78 is 5.99. The number of carbonyl (C=O) groups excluding carboxylic acids is 1. The summed E-state index contributed by atoms with van der Waals surface area (Å²) in [7, 11) is 0. The molecule has 0 aliphatic carbocycles. The summed E-state index contributed by atoms with van der Waals surface area (Å²) in [5.41, 5.74) is 1.69. The molecular weight excluding hydrogens is 366 g/mol. The van der Waals surface area contributed by atoms with Crippen molar-refractivity contribution in [2.75, 3.05) is 0 Å². The van der Waals surface area contributed by atoms with E-state index in [1.54, 1.807) is 35.2 Å². The average Bonchev–Trinajstić information content (AvgIpc) is 2.92. The van der Waals surface area contributed by atoms with Crippen LogP contribution in [0.4, 0.5) is 0 Å². The maximum Gasteiger partial charge on any atom is 0.266 e. The predicted molar refractivity (Wildman–Crippen MR) is 108 cm³/mol. The first-order valence-electron chi connectivity index (χ1n) is 7.93. The number of rotatable bonds is 3. The third-order valence-electron chi connectivity index (χ3n) is 4.05. The zero-order valence-electron chi connectivity index (χ0n) is 13.5. The molecule has 1 fully saturated rings. The van der Waals surface area contributed by atoms with Crippen LogP contribution >= 0.6 is 24.0 Å². The van der Waals surface area contributed by atoms with Gasteiger partial charge in [0.15, 0.2) is 5.43 Å². The van der Waals surface area contributed by atoms with Gasteiger partial charge in [-0.05, 0) is 23.8 Å². The highest BCUT2D eigenvalue weighted by atomic mass is 32.2. The van der Waals surface area contributed by atoms with Crippen LogP contribution in [0.3, 0.4) is 0 Å². The number of thioether (sulfide) groups is 1. The van der Waals surface area contributed by atoms with Gasteiger partial charge in [0.05, 0.1) is 22.4 Å². The molecule has 0 unspecified atom stereocenters. The summed E-state index contributed by atoms with van der Waals surface area (Å²) in [5.74, 6) is -0.198. The van der Waals surface area contributed by atoms with E-state index >= 15 is 0 Å². The van der Waals surface area contributed by atoms with Gasteiger partial charge in [0.2, 0.25) is 0 Å². The van der Waals surface area contributed by atoms with Gasteiger partial charge in [0, 0.05) is 0 Å². The van der Waals surface area contributed by atoms with E-state index in [0.717, 1.165) is 5.56 Å². The summed E-state index contributed by atoms with van der Waals surface area (Å²) in [6, 6.07) is 16.7. The Kier molecular flexibility index (Phi) is 4.44. The third kappa shape index (κ3) is 3.09. The number of hydrogen-bond acceptors (Lipinski definition) is 5. The molecule has 1 aliphatic rings.